The largest absolute Gasteiger partial charge is 0.494 e. The van der Waals surface area contributed by atoms with Crippen LogP contribution in [0.25, 0.3) is 11.6 Å². The molecule has 0 unspecified atom stereocenters. The second kappa shape index (κ2) is 13.3. The summed E-state index contributed by atoms with van der Waals surface area (Å²) in [6, 6.07) is 15.4. The summed E-state index contributed by atoms with van der Waals surface area (Å²) in [6.45, 7) is 0.974. The van der Waals surface area contributed by atoms with E-state index in [0.717, 1.165) is 42.6 Å². The number of rotatable bonds is 13. The number of hydrogen-bond donors (Lipinski definition) is 1. The summed E-state index contributed by atoms with van der Waals surface area (Å²) < 4.78 is 16.4. The van der Waals surface area contributed by atoms with Crippen molar-refractivity contribution in [2.24, 2.45) is 0 Å². The third-order valence-electron chi connectivity index (χ3n) is 4.83. The predicted molar refractivity (Wildman–Crippen MR) is 120 cm³/mol. The molecule has 0 aromatic heterocycles. The molecule has 0 atom stereocenters. The van der Waals surface area contributed by atoms with Crippen LogP contribution in [-0.2, 0) is 0 Å². The van der Waals surface area contributed by atoms with E-state index >= 15 is 0 Å². The fraction of sp³-hybridized carbons (Fsp3) is 0.400. The van der Waals surface area contributed by atoms with Crippen LogP contribution in [0.4, 0.5) is 0 Å². The van der Waals surface area contributed by atoms with Crippen LogP contribution < -0.4 is 14.2 Å². The molecule has 0 aliphatic carbocycles. The van der Waals surface area contributed by atoms with E-state index in [1.54, 1.807) is 14.2 Å². The maximum atomic E-state index is 9.60. The van der Waals surface area contributed by atoms with Gasteiger partial charge in [0.15, 0.2) is 11.5 Å². The van der Waals surface area contributed by atoms with Gasteiger partial charge in [0.05, 0.1) is 32.5 Å². The Balaban J connectivity index is 1.91. The monoisotopic (exact) mass is 409 g/mol. The highest BCUT2D eigenvalue weighted by Crippen LogP contribution is 2.29. The van der Waals surface area contributed by atoms with E-state index in [9.17, 15) is 5.26 Å². The maximum Gasteiger partial charge on any atom is 0.161 e. The highest BCUT2D eigenvalue weighted by molar-refractivity contribution is 5.89. The van der Waals surface area contributed by atoms with Gasteiger partial charge < -0.3 is 19.3 Å². The third kappa shape index (κ3) is 7.46. The molecule has 5 heteroatoms. The van der Waals surface area contributed by atoms with Crippen molar-refractivity contribution in [3.8, 4) is 23.3 Å². The number of hydrogen-bond acceptors (Lipinski definition) is 5. The Bertz CT molecular complexity index is 837. The summed E-state index contributed by atoms with van der Waals surface area (Å²) in [6.07, 6.45) is 8.31. The van der Waals surface area contributed by atoms with Gasteiger partial charge in [-0.2, -0.15) is 5.26 Å². The quantitative estimate of drug-likeness (QED) is 0.269. The van der Waals surface area contributed by atoms with Crippen molar-refractivity contribution in [2.75, 3.05) is 27.4 Å². The topological polar surface area (TPSA) is 71.7 Å². The van der Waals surface area contributed by atoms with Gasteiger partial charge in [-0.25, -0.2) is 0 Å². The first-order chi connectivity index (χ1) is 14.7. The van der Waals surface area contributed by atoms with Gasteiger partial charge in [0, 0.05) is 6.61 Å². The Morgan fingerprint density at radius 3 is 2.20 bits per heavy atom. The zero-order valence-electron chi connectivity index (χ0n) is 17.9. The lowest BCUT2D eigenvalue weighted by Crippen LogP contribution is -1.97. The van der Waals surface area contributed by atoms with Crippen molar-refractivity contribution in [2.45, 2.75) is 38.5 Å². The Morgan fingerprint density at radius 2 is 1.57 bits per heavy atom. The highest BCUT2D eigenvalue weighted by Gasteiger charge is 2.06. The van der Waals surface area contributed by atoms with Crippen molar-refractivity contribution in [1.29, 1.82) is 5.26 Å². The lowest BCUT2D eigenvalue weighted by Gasteiger charge is -2.09. The molecule has 1 N–H and O–H groups in total. The number of nitriles is 1. The van der Waals surface area contributed by atoms with E-state index < -0.39 is 0 Å². The minimum atomic E-state index is 0.288. The number of methoxy groups -OCH3 is 2. The van der Waals surface area contributed by atoms with E-state index in [1.807, 2.05) is 48.5 Å². The van der Waals surface area contributed by atoms with Crippen molar-refractivity contribution >= 4 is 11.6 Å². The molecule has 0 radical (unpaired) electrons. The number of aliphatic hydroxyl groups is 1. The second-order valence-electron chi connectivity index (χ2n) is 7.00. The van der Waals surface area contributed by atoms with E-state index in [2.05, 4.69) is 6.07 Å². The van der Waals surface area contributed by atoms with E-state index in [0.29, 0.717) is 23.7 Å². The molecule has 2 aromatic rings. The van der Waals surface area contributed by atoms with Crippen LogP contribution in [0.1, 0.15) is 49.7 Å². The molecule has 30 heavy (non-hydrogen) atoms. The van der Waals surface area contributed by atoms with Gasteiger partial charge in [0.2, 0.25) is 0 Å². The number of aliphatic hydroxyl groups excluding tert-OH is 1. The molecule has 0 saturated carbocycles. The summed E-state index contributed by atoms with van der Waals surface area (Å²) in [4.78, 5) is 0. The zero-order valence-corrected chi connectivity index (χ0v) is 17.9. The van der Waals surface area contributed by atoms with Crippen molar-refractivity contribution in [3.63, 3.8) is 0 Å². The van der Waals surface area contributed by atoms with E-state index in [1.165, 1.54) is 12.8 Å². The Kier molecular flexibility index (Phi) is 10.3. The van der Waals surface area contributed by atoms with Gasteiger partial charge in [0.1, 0.15) is 5.75 Å². The number of ether oxygens (including phenoxy) is 3. The second-order valence-corrected chi connectivity index (χ2v) is 7.00. The average molecular weight is 410 g/mol. The molecule has 0 aliphatic heterocycles. The summed E-state index contributed by atoms with van der Waals surface area (Å²) in [5.74, 6) is 2.09. The molecule has 0 spiro atoms. The third-order valence-corrected chi connectivity index (χ3v) is 4.83. The minimum absolute atomic E-state index is 0.288. The first kappa shape index (κ1) is 23.3. The lowest BCUT2D eigenvalue weighted by molar-refractivity contribution is 0.280. The number of unbranched alkanes of at least 4 members (excludes halogenated alkanes) is 5. The van der Waals surface area contributed by atoms with Crippen molar-refractivity contribution < 1.29 is 19.3 Å². The molecular weight excluding hydrogens is 378 g/mol. The molecule has 0 amide bonds. The molecule has 2 aromatic carbocycles. The first-order valence-corrected chi connectivity index (χ1v) is 10.4. The molecular formula is C25H31NO4. The van der Waals surface area contributed by atoms with Gasteiger partial charge in [-0.05, 0) is 66.4 Å². The van der Waals surface area contributed by atoms with Gasteiger partial charge in [-0.1, -0.05) is 31.7 Å². The zero-order chi connectivity index (χ0) is 21.6. The average Bonchev–Trinajstić information content (AvgIpc) is 2.79. The standard InChI is InChI=1S/C25H31NO4/c1-28-24-14-9-20(18-25(24)29-2)17-22(19-26)21-10-12-23(13-11-21)30-16-8-6-4-3-5-7-15-27/h9-14,17-18,27H,3-8,15-16H2,1-2H3. The van der Waals surface area contributed by atoms with Crippen LogP contribution in [0.15, 0.2) is 42.5 Å². The van der Waals surface area contributed by atoms with Crippen LogP contribution in [-0.4, -0.2) is 32.5 Å². The van der Waals surface area contributed by atoms with E-state index in [4.69, 9.17) is 19.3 Å². The first-order valence-electron chi connectivity index (χ1n) is 10.4. The van der Waals surface area contributed by atoms with Gasteiger partial charge >= 0.3 is 0 Å². The summed E-state index contributed by atoms with van der Waals surface area (Å²) in [7, 11) is 3.18. The van der Waals surface area contributed by atoms with Crippen LogP contribution in [0.2, 0.25) is 0 Å². The molecule has 2 rings (SSSR count). The highest BCUT2D eigenvalue weighted by atomic mass is 16.5. The number of benzene rings is 2. The van der Waals surface area contributed by atoms with Crippen LogP contribution >= 0.6 is 0 Å². The molecule has 0 saturated heterocycles. The summed E-state index contributed by atoms with van der Waals surface area (Å²) in [5, 5.41) is 18.4. The smallest absolute Gasteiger partial charge is 0.161 e. The molecule has 160 valence electrons. The van der Waals surface area contributed by atoms with Crippen LogP contribution in [0, 0.1) is 11.3 Å². The fourth-order valence-corrected chi connectivity index (χ4v) is 3.13. The van der Waals surface area contributed by atoms with Crippen molar-refractivity contribution in [1.82, 2.24) is 0 Å². The van der Waals surface area contributed by atoms with E-state index in [-0.39, 0.29) is 6.61 Å². The maximum absolute atomic E-state index is 9.60. The normalized spacial score (nSPS) is 11.1. The SMILES string of the molecule is COc1ccc(C=C(C#N)c2ccc(OCCCCCCCCO)cc2)cc1OC. The number of nitrogens with zero attached hydrogens (tertiary/aromatic N) is 1. The molecule has 5 nitrogen and oxygen atoms in total. The van der Waals surface area contributed by atoms with Gasteiger partial charge in [-0.15, -0.1) is 0 Å². The fourth-order valence-electron chi connectivity index (χ4n) is 3.13. The minimum Gasteiger partial charge on any atom is -0.494 e. The summed E-state index contributed by atoms with van der Waals surface area (Å²) >= 11 is 0. The molecule has 0 aliphatic rings. The van der Waals surface area contributed by atoms with Crippen LogP contribution in [0.3, 0.4) is 0 Å². The number of allylic oxidation sites excluding steroid dienone is 1. The van der Waals surface area contributed by atoms with Crippen molar-refractivity contribution in [3.05, 3.63) is 53.6 Å². The molecule has 0 heterocycles. The predicted octanol–water partition coefficient (Wildman–Crippen LogP) is 5.48. The molecule has 0 bridgehead atoms. The Hall–Kier alpha value is -2.97. The van der Waals surface area contributed by atoms with Gasteiger partial charge in [-0.3, -0.25) is 0 Å². The van der Waals surface area contributed by atoms with Crippen LogP contribution in [0.5, 0.6) is 17.2 Å². The summed E-state index contributed by atoms with van der Waals surface area (Å²) in [5.41, 5.74) is 2.27. The van der Waals surface area contributed by atoms with Gasteiger partial charge in [0.25, 0.3) is 0 Å². The Labute approximate surface area is 179 Å². The Morgan fingerprint density at radius 1 is 0.900 bits per heavy atom. The lowest BCUT2D eigenvalue weighted by atomic mass is 10.0. The molecule has 0 fully saturated rings.